The molecule has 1 aliphatic rings. The molecule has 23 heavy (non-hydrogen) atoms. The average molecular weight is 337 g/mol. The number of anilines is 1. The van der Waals surface area contributed by atoms with Gasteiger partial charge in [0.15, 0.2) is 0 Å². The first-order valence-electron chi connectivity index (χ1n) is 7.60. The number of hydrogen-bond acceptors (Lipinski definition) is 4. The number of rotatable bonds is 5. The van der Waals surface area contributed by atoms with Gasteiger partial charge in [0.25, 0.3) is 5.91 Å². The van der Waals surface area contributed by atoms with E-state index in [1.807, 2.05) is 24.3 Å². The number of nitrogens with two attached hydrogens (primary N) is 1. The zero-order chi connectivity index (χ0) is 15.4. The van der Waals surface area contributed by atoms with Crippen LogP contribution in [0.3, 0.4) is 0 Å². The molecule has 124 valence electrons. The molecule has 1 saturated carbocycles. The number of nitrogens with one attached hydrogen (secondary N) is 1. The number of halogens is 1. The number of benzene rings is 1. The van der Waals surface area contributed by atoms with Gasteiger partial charge in [-0.15, -0.1) is 12.4 Å². The van der Waals surface area contributed by atoms with E-state index >= 15 is 0 Å². The summed E-state index contributed by atoms with van der Waals surface area (Å²) in [4.78, 5) is 12.1. The maximum absolute atomic E-state index is 12.1. The Bertz CT molecular complexity index is 634. The van der Waals surface area contributed by atoms with Gasteiger partial charge in [0.05, 0.1) is 18.2 Å². The van der Waals surface area contributed by atoms with E-state index in [2.05, 4.69) is 5.32 Å². The van der Waals surface area contributed by atoms with Crippen molar-refractivity contribution in [1.82, 2.24) is 0 Å². The topological polar surface area (TPSA) is 77.5 Å². The first kappa shape index (κ1) is 17.4. The number of furan rings is 1. The highest BCUT2D eigenvalue weighted by molar-refractivity contribution is 6.04. The van der Waals surface area contributed by atoms with Crippen LogP contribution in [0, 0.1) is 0 Å². The average Bonchev–Trinajstić information content (AvgIpc) is 3.20. The zero-order valence-corrected chi connectivity index (χ0v) is 13.6. The summed E-state index contributed by atoms with van der Waals surface area (Å²) in [6.07, 6.45) is 6.49. The van der Waals surface area contributed by atoms with Crippen molar-refractivity contribution < 1.29 is 13.9 Å². The predicted octanol–water partition coefficient (Wildman–Crippen LogP) is 3.73. The van der Waals surface area contributed by atoms with Crippen LogP contribution in [0.5, 0.6) is 5.75 Å². The van der Waals surface area contributed by atoms with Crippen molar-refractivity contribution in [2.45, 2.75) is 38.3 Å². The maximum atomic E-state index is 12.1. The minimum atomic E-state index is -0.215. The van der Waals surface area contributed by atoms with Crippen LogP contribution in [0.2, 0.25) is 0 Å². The monoisotopic (exact) mass is 336 g/mol. The fourth-order valence-corrected chi connectivity index (χ4v) is 2.63. The van der Waals surface area contributed by atoms with Gasteiger partial charge in [-0.2, -0.15) is 0 Å². The molecule has 0 unspecified atom stereocenters. The summed E-state index contributed by atoms with van der Waals surface area (Å²) >= 11 is 0. The molecular formula is C17H21ClN2O3. The molecule has 1 heterocycles. The van der Waals surface area contributed by atoms with Crippen LogP contribution in [-0.4, -0.2) is 12.0 Å². The third-order valence-electron chi connectivity index (χ3n) is 3.83. The second-order valence-electron chi connectivity index (χ2n) is 5.51. The van der Waals surface area contributed by atoms with Gasteiger partial charge in [-0.1, -0.05) is 0 Å². The molecule has 1 aromatic heterocycles. The van der Waals surface area contributed by atoms with E-state index in [4.69, 9.17) is 14.9 Å². The van der Waals surface area contributed by atoms with Gasteiger partial charge in [-0.05, 0) is 56.0 Å². The summed E-state index contributed by atoms with van der Waals surface area (Å²) in [5.74, 6) is 1.22. The summed E-state index contributed by atoms with van der Waals surface area (Å²) in [6, 6.07) is 9.09. The van der Waals surface area contributed by atoms with Crippen molar-refractivity contribution in [3.8, 4) is 5.75 Å². The Labute approximate surface area is 141 Å². The summed E-state index contributed by atoms with van der Waals surface area (Å²) in [6.45, 7) is 0.278. The third kappa shape index (κ3) is 4.50. The van der Waals surface area contributed by atoms with E-state index in [0.717, 1.165) is 24.3 Å². The number of amides is 1. The van der Waals surface area contributed by atoms with Crippen LogP contribution in [0.25, 0.3) is 0 Å². The van der Waals surface area contributed by atoms with E-state index in [0.29, 0.717) is 17.4 Å². The zero-order valence-electron chi connectivity index (χ0n) is 12.8. The first-order valence-corrected chi connectivity index (χ1v) is 7.60. The molecule has 0 bridgehead atoms. The van der Waals surface area contributed by atoms with Gasteiger partial charge in [0.2, 0.25) is 0 Å². The highest BCUT2D eigenvalue weighted by Crippen LogP contribution is 2.25. The Morgan fingerprint density at radius 2 is 1.96 bits per heavy atom. The van der Waals surface area contributed by atoms with Gasteiger partial charge in [0, 0.05) is 5.69 Å². The maximum Gasteiger partial charge on any atom is 0.258 e. The third-order valence-corrected chi connectivity index (χ3v) is 3.83. The van der Waals surface area contributed by atoms with Crippen molar-refractivity contribution >= 4 is 24.0 Å². The summed E-state index contributed by atoms with van der Waals surface area (Å²) in [5, 5.41) is 2.82. The van der Waals surface area contributed by atoms with Gasteiger partial charge < -0.3 is 20.2 Å². The Hall–Kier alpha value is -1.98. The lowest BCUT2D eigenvalue weighted by molar-refractivity contribution is 0.102. The van der Waals surface area contributed by atoms with E-state index in [9.17, 15) is 4.79 Å². The van der Waals surface area contributed by atoms with Gasteiger partial charge in [0.1, 0.15) is 17.8 Å². The van der Waals surface area contributed by atoms with E-state index in [1.165, 1.54) is 19.1 Å². The molecule has 0 spiro atoms. The van der Waals surface area contributed by atoms with Crippen LogP contribution in [-0.2, 0) is 6.54 Å². The molecule has 3 rings (SSSR count). The highest BCUT2D eigenvalue weighted by atomic mass is 35.5. The normalized spacial score (nSPS) is 14.3. The van der Waals surface area contributed by atoms with Crippen molar-refractivity contribution in [3.63, 3.8) is 0 Å². The van der Waals surface area contributed by atoms with Crippen molar-refractivity contribution in [2.24, 2.45) is 5.73 Å². The van der Waals surface area contributed by atoms with Crippen LogP contribution in [0.4, 0.5) is 5.69 Å². The molecule has 2 aromatic rings. The molecule has 0 aliphatic heterocycles. The van der Waals surface area contributed by atoms with Crippen LogP contribution < -0.4 is 15.8 Å². The summed E-state index contributed by atoms with van der Waals surface area (Å²) in [5.41, 5.74) is 6.65. The Balaban J connectivity index is 0.00000192. The summed E-state index contributed by atoms with van der Waals surface area (Å²) < 4.78 is 11.1. The Morgan fingerprint density at radius 3 is 2.57 bits per heavy atom. The van der Waals surface area contributed by atoms with E-state index in [1.54, 1.807) is 6.07 Å². The lowest BCUT2D eigenvalue weighted by atomic mass is 10.2. The summed E-state index contributed by atoms with van der Waals surface area (Å²) in [7, 11) is 0. The lowest BCUT2D eigenvalue weighted by Crippen LogP contribution is -2.12. The molecule has 1 amide bonds. The molecule has 1 aliphatic carbocycles. The molecule has 0 radical (unpaired) electrons. The second kappa shape index (κ2) is 8.04. The number of hydrogen-bond donors (Lipinski definition) is 2. The molecule has 0 atom stereocenters. The van der Waals surface area contributed by atoms with Gasteiger partial charge in [-0.25, -0.2) is 0 Å². The molecule has 6 heteroatoms. The number of ether oxygens (including phenoxy) is 1. The predicted molar refractivity (Wildman–Crippen MR) is 91.1 cm³/mol. The van der Waals surface area contributed by atoms with Gasteiger partial charge in [-0.3, -0.25) is 4.79 Å². The standard InChI is InChI=1S/C17H20N2O3.ClH/c18-10-16-9-12(11-21-16)17(20)19-13-5-7-15(8-6-13)22-14-3-1-2-4-14;/h5-9,11,14H,1-4,10,18H2,(H,19,20);1H. The molecule has 3 N–H and O–H groups in total. The quantitative estimate of drug-likeness (QED) is 0.872. The molecule has 5 nitrogen and oxygen atoms in total. The highest BCUT2D eigenvalue weighted by Gasteiger charge is 2.16. The van der Waals surface area contributed by atoms with Crippen molar-refractivity contribution in [1.29, 1.82) is 0 Å². The van der Waals surface area contributed by atoms with Crippen LogP contribution in [0.15, 0.2) is 41.0 Å². The fourth-order valence-electron chi connectivity index (χ4n) is 2.63. The second-order valence-corrected chi connectivity index (χ2v) is 5.51. The van der Waals surface area contributed by atoms with Gasteiger partial charge >= 0.3 is 0 Å². The van der Waals surface area contributed by atoms with Crippen LogP contribution >= 0.6 is 12.4 Å². The largest absolute Gasteiger partial charge is 0.490 e. The smallest absolute Gasteiger partial charge is 0.258 e. The minimum Gasteiger partial charge on any atom is -0.490 e. The minimum absolute atomic E-state index is 0. The molecule has 0 saturated heterocycles. The Morgan fingerprint density at radius 1 is 1.26 bits per heavy atom. The Kier molecular flexibility index (Phi) is 6.07. The molecule has 1 aromatic carbocycles. The fraction of sp³-hybridized carbons (Fsp3) is 0.353. The van der Waals surface area contributed by atoms with E-state index in [-0.39, 0.29) is 24.9 Å². The molecule has 1 fully saturated rings. The number of carbonyl (C=O) groups is 1. The van der Waals surface area contributed by atoms with Crippen molar-refractivity contribution in [3.05, 3.63) is 47.9 Å². The molecular weight excluding hydrogens is 316 g/mol. The SMILES string of the molecule is Cl.NCc1cc(C(=O)Nc2ccc(OC3CCCC3)cc2)co1. The first-order chi connectivity index (χ1) is 10.7. The van der Waals surface area contributed by atoms with E-state index < -0.39 is 0 Å². The van der Waals surface area contributed by atoms with Crippen molar-refractivity contribution in [2.75, 3.05) is 5.32 Å². The number of carbonyl (C=O) groups excluding carboxylic acids is 1. The van der Waals surface area contributed by atoms with Crippen LogP contribution in [0.1, 0.15) is 41.8 Å². The lowest BCUT2D eigenvalue weighted by Gasteiger charge is -2.13.